The van der Waals surface area contributed by atoms with E-state index in [1.54, 1.807) is 0 Å². The Morgan fingerprint density at radius 2 is 2.13 bits per heavy atom. The maximum Gasteiger partial charge on any atom is 0.250 e. The van der Waals surface area contributed by atoms with Crippen molar-refractivity contribution in [3.8, 4) is 5.88 Å². The molecule has 1 unspecified atom stereocenters. The van der Waals surface area contributed by atoms with Crippen LogP contribution in [0.4, 0.5) is 4.39 Å². The molecule has 0 amide bonds. The number of aromatic nitrogens is 1. The highest BCUT2D eigenvalue weighted by molar-refractivity contribution is 9.10. The molecule has 0 aliphatic heterocycles. The quantitative estimate of drug-likeness (QED) is 0.834. The van der Waals surface area contributed by atoms with E-state index in [1.165, 1.54) is 12.3 Å². The molecule has 0 aliphatic carbocycles. The Balaban J connectivity index is 2.64. The van der Waals surface area contributed by atoms with Gasteiger partial charge in [-0.2, -0.15) is 0 Å². The molecule has 0 radical (unpaired) electrons. The van der Waals surface area contributed by atoms with Gasteiger partial charge in [-0.05, 0) is 41.3 Å². The van der Waals surface area contributed by atoms with Gasteiger partial charge < -0.3 is 4.74 Å². The molecular formula is C11H15BrFNO. The molecular weight excluding hydrogens is 261 g/mol. The molecule has 0 saturated carbocycles. The topological polar surface area (TPSA) is 22.1 Å². The summed E-state index contributed by atoms with van der Waals surface area (Å²) in [6.45, 7) is 6.12. The van der Waals surface area contributed by atoms with Crippen molar-refractivity contribution in [2.45, 2.75) is 33.3 Å². The first-order valence-corrected chi connectivity index (χ1v) is 5.76. The van der Waals surface area contributed by atoms with E-state index >= 15 is 0 Å². The summed E-state index contributed by atoms with van der Waals surface area (Å²) >= 11 is 3.14. The number of halogens is 2. The van der Waals surface area contributed by atoms with Crippen molar-refractivity contribution in [2.75, 3.05) is 0 Å². The van der Waals surface area contributed by atoms with E-state index in [-0.39, 0.29) is 12.0 Å². The van der Waals surface area contributed by atoms with Crippen LogP contribution in [0, 0.1) is 11.7 Å². The fourth-order valence-electron chi connectivity index (χ4n) is 1.39. The van der Waals surface area contributed by atoms with Gasteiger partial charge in [0.1, 0.15) is 0 Å². The second-order valence-corrected chi connectivity index (χ2v) is 4.91. The van der Waals surface area contributed by atoms with Crippen molar-refractivity contribution in [1.29, 1.82) is 0 Å². The molecule has 84 valence electrons. The molecule has 2 nitrogen and oxygen atoms in total. The van der Waals surface area contributed by atoms with E-state index in [2.05, 4.69) is 34.8 Å². The SMILES string of the molecule is CC(C)CC(C)Oc1ncc(Br)cc1F. The number of pyridine rings is 1. The van der Waals surface area contributed by atoms with Crippen molar-refractivity contribution in [3.05, 3.63) is 22.6 Å². The van der Waals surface area contributed by atoms with Crippen LogP contribution in [0.25, 0.3) is 0 Å². The molecule has 15 heavy (non-hydrogen) atoms. The Hall–Kier alpha value is -0.640. The smallest absolute Gasteiger partial charge is 0.250 e. The van der Waals surface area contributed by atoms with Crippen LogP contribution >= 0.6 is 15.9 Å². The maximum absolute atomic E-state index is 13.3. The molecule has 0 fully saturated rings. The zero-order chi connectivity index (χ0) is 11.4. The van der Waals surface area contributed by atoms with Gasteiger partial charge in [0.25, 0.3) is 5.88 Å². The summed E-state index contributed by atoms with van der Waals surface area (Å²) in [5.74, 6) is 0.171. The molecule has 0 N–H and O–H groups in total. The molecule has 0 saturated heterocycles. The summed E-state index contributed by atoms with van der Waals surface area (Å²) in [7, 11) is 0. The van der Waals surface area contributed by atoms with Gasteiger partial charge in [0.2, 0.25) is 0 Å². The van der Waals surface area contributed by atoms with Crippen LogP contribution in [0.15, 0.2) is 16.7 Å². The van der Waals surface area contributed by atoms with Crippen molar-refractivity contribution in [1.82, 2.24) is 4.98 Å². The van der Waals surface area contributed by atoms with Gasteiger partial charge in [0.05, 0.1) is 6.10 Å². The number of rotatable bonds is 4. The van der Waals surface area contributed by atoms with Crippen LogP contribution in [0.5, 0.6) is 5.88 Å². The second kappa shape index (κ2) is 5.45. The molecule has 0 bridgehead atoms. The van der Waals surface area contributed by atoms with Crippen molar-refractivity contribution in [3.63, 3.8) is 0 Å². The molecule has 0 aliphatic rings. The third kappa shape index (κ3) is 4.16. The first-order chi connectivity index (χ1) is 6.99. The summed E-state index contributed by atoms with van der Waals surface area (Å²) in [6, 6.07) is 1.35. The van der Waals surface area contributed by atoms with Crippen LogP contribution in [0.2, 0.25) is 0 Å². The van der Waals surface area contributed by atoms with E-state index in [1.807, 2.05) is 6.92 Å². The van der Waals surface area contributed by atoms with Gasteiger partial charge in [-0.1, -0.05) is 13.8 Å². The van der Waals surface area contributed by atoms with Crippen LogP contribution in [0.3, 0.4) is 0 Å². The lowest BCUT2D eigenvalue weighted by molar-refractivity contribution is 0.177. The highest BCUT2D eigenvalue weighted by atomic mass is 79.9. The molecule has 4 heteroatoms. The fraction of sp³-hybridized carbons (Fsp3) is 0.545. The summed E-state index contributed by atoms with van der Waals surface area (Å²) < 4.78 is 19.3. The van der Waals surface area contributed by atoms with Crippen LogP contribution < -0.4 is 4.74 Å². The largest absolute Gasteiger partial charge is 0.473 e. The summed E-state index contributed by atoms with van der Waals surface area (Å²) in [6.07, 6.45) is 2.39. The standard InChI is InChI=1S/C11H15BrFNO/c1-7(2)4-8(3)15-11-10(13)5-9(12)6-14-11/h5-8H,4H2,1-3H3. The van der Waals surface area contributed by atoms with E-state index in [4.69, 9.17) is 4.74 Å². The Morgan fingerprint density at radius 3 is 2.67 bits per heavy atom. The van der Waals surface area contributed by atoms with Gasteiger partial charge in [0.15, 0.2) is 5.82 Å². The van der Waals surface area contributed by atoms with E-state index in [0.29, 0.717) is 10.4 Å². The van der Waals surface area contributed by atoms with Crippen LogP contribution in [-0.4, -0.2) is 11.1 Å². The van der Waals surface area contributed by atoms with Crippen molar-refractivity contribution < 1.29 is 9.13 Å². The number of nitrogens with zero attached hydrogens (tertiary/aromatic N) is 1. The Labute approximate surface area is 98.0 Å². The lowest BCUT2D eigenvalue weighted by Gasteiger charge is -2.15. The lowest BCUT2D eigenvalue weighted by atomic mass is 10.1. The van der Waals surface area contributed by atoms with Crippen LogP contribution in [0.1, 0.15) is 27.2 Å². The molecule has 0 aromatic carbocycles. The zero-order valence-corrected chi connectivity index (χ0v) is 10.7. The van der Waals surface area contributed by atoms with E-state index in [9.17, 15) is 4.39 Å². The first kappa shape index (κ1) is 12.4. The number of hydrogen-bond acceptors (Lipinski definition) is 2. The lowest BCUT2D eigenvalue weighted by Crippen LogP contribution is -2.15. The highest BCUT2D eigenvalue weighted by Crippen LogP contribution is 2.20. The normalized spacial score (nSPS) is 12.9. The molecule has 1 atom stereocenters. The molecule has 1 heterocycles. The predicted octanol–water partition coefficient (Wildman–Crippen LogP) is 3.80. The van der Waals surface area contributed by atoms with Crippen LogP contribution in [-0.2, 0) is 0 Å². The Kier molecular flexibility index (Phi) is 4.51. The van der Waals surface area contributed by atoms with E-state index in [0.717, 1.165) is 6.42 Å². The monoisotopic (exact) mass is 275 g/mol. The van der Waals surface area contributed by atoms with Gasteiger partial charge in [-0.15, -0.1) is 0 Å². The number of ether oxygens (including phenoxy) is 1. The predicted molar refractivity (Wildman–Crippen MR) is 61.4 cm³/mol. The summed E-state index contributed by atoms with van der Waals surface area (Å²) in [4.78, 5) is 3.88. The molecule has 0 spiro atoms. The average Bonchev–Trinajstić information content (AvgIpc) is 2.08. The third-order valence-corrected chi connectivity index (χ3v) is 2.32. The molecule has 1 aromatic heterocycles. The minimum absolute atomic E-state index is 0.0202. The first-order valence-electron chi connectivity index (χ1n) is 4.96. The van der Waals surface area contributed by atoms with Crippen molar-refractivity contribution >= 4 is 15.9 Å². The maximum atomic E-state index is 13.3. The summed E-state index contributed by atoms with van der Waals surface area (Å²) in [5, 5.41) is 0. The minimum Gasteiger partial charge on any atom is -0.473 e. The number of hydrogen-bond donors (Lipinski definition) is 0. The third-order valence-electron chi connectivity index (χ3n) is 1.89. The van der Waals surface area contributed by atoms with Gasteiger partial charge >= 0.3 is 0 Å². The zero-order valence-electron chi connectivity index (χ0n) is 9.13. The Morgan fingerprint density at radius 1 is 1.47 bits per heavy atom. The second-order valence-electron chi connectivity index (χ2n) is 4.00. The van der Waals surface area contributed by atoms with Gasteiger partial charge in [-0.3, -0.25) is 0 Å². The highest BCUT2D eigenvalue weighted by Gasteiger charge is 2.11. The van der Waals surface area contributed by atoms with Gasteiger partial charge in [-0.25, -0.2) is 9.37 Å². The molecule has 1 rings (SSSR count). The van der Waals surface area contributed by atoms with Crippen molar-refractivity contribution in [2.24, 2.45) is 5.92 Å². The summed E-state index contributed by atoms with van der Waals surface area (Å²) in [5.41, 5.74) is 0. The van der Waals surface area contributed by atoms with Gasteiger partial charge in [0, 0.05) is 10.7 Å². The van der Waals surface area contributed by atoms with E-state index < -0.39 is 5.82 Å². The molecule has 1 aromatic rings. The average molecular weight is 276 g/mol. The fourth-order valence-corrected chi connectivity index (χ4v) is 1.69. The Bertz CT molecular complexity index is 330. The minimum atomic E-state index is -0.431.